The zero-order chi connectivity index (χ0) is 21.4. The van der Waals surface area contributed by atoms with E-state index in [2.05, 4.69) is 10.1 Å². The number of carbonyl (C=O) groups is 2. The highest BCUT2D eigenvalue weighted by molar-refractivity contribution is 8.00. The topological polar surface area (TPSA) is 85.5 Å². The van der Waals surface area contributed by atoms with Crippen LogP contribution in [0.3, 0.4) is 0 Å². The molecule has 5 rings (SSSR count). The monoisotopic (exact) mass is 455 g/mol. The Hall–Kier alpha value is -2.84. The average Bonchev–Trinajstić information content (AvgIpc) is 3.50. The molecule has 2 atom stereocenters. The molecule has 0 aliphatic carbocycles. The van der Waals surface area contributed by atoms with Crippen LogP contribution in [0.1, 0.15) is 24.3 Å². The molecule has 2 saturated heterocycles. The van der Waals surface area contributed by atoms with E-state index < -0.39 is 16.9 Å². The van der Waals surface area contributed by atoms with E-state index in [1.54, 1.807) is 40.9 Å². The second-order valence-electron chi connectivity index (χ2n) is 7.37. The van der Waals surface area contributed by atoms with Crippen LogP contribution in [0, 0.1) is 0 Å². The molecular formula is C22H18ClN3O4S. The van der Waals surface area contributed by atoms with Crippen LogP contribution in [0.5, 0.6) is 0 Å². The lowest BCUT2D eigenvalue weighted by molar-refractivity contribution is -0.155. The molecule has 158 valence electrons. The molecule has 0 N–H and O–H groups in total. The Morgan fingerprint density at radius 1 is 1.23 bits per heavy atom. The van der Waals surface area contributed by atoms with Gasteiger partial charge < -0.3 is 14.2 Å². The number of rotatable bonds is 5. The van der Waals surface area contributed by atoms with E-state index in [4.69, 9.17) is 20.9 Å². The maximum Gasteiger partial charge on any atom is 0.330 e. The van der Waals surface area contributed by atoms with Gasteiger partial charge >= 0.3 is 5.97 Å². The van der Waals surface area contributed by atoms with Crippen LogP contribution in [0.2, 0.25) is 5.02 Å². The average molecular weight is 456 g/mol. The molecule has 2 aliphatic heterocycles. The third-order valence-electron chi connectivity index (χ3n) is 5.53. The van der Waals surface area contributed by atoms with Gasteiger partial charge in [-0.1, -0.05) is 47.1 Å². The lowest BCUT2D eigenvalue weighted by Gasteiger charge is -2.33. The molecule has 7 nitrogen and oxygen atoms in total. The molecule has 2 aromatic carbocycles. The smallest absolute Gasteiger partial charge is 0.330 e. The maximum absolute atomic E-state index is 12.9. The molecule has 3 heterocycles. The van der Waals surface area contributed by atoms with E-state index >= 15 is 0 Å². The highest BCUT2D eigenvalue weighted by Crippen LogP contribution is 2.54. The Bertz CT molecular complexity index is 1120. The third kappa shape index (κ3) is 3.59. The Morgan fingerprint density at radius 2 is 2.00 bits per heavy atom. The molecule has 31 heavy (non-hydrogen) atoms. The van der Waals surface area contributed by atoms with Crippen molar-refractivity contribution in [1.29, 1.82) is 0 Å². The molecule has 9 heteroatoms. The summed E-state index contributed by atoms with van der Waals surface area (Å²) >= 11 is 7.52. The van der Waals surface area contributed by atoms with Crippen LogP contribution in [-0.4, -0.2) is 38.7 Å². The predicted octanol–water partition coefficient (Wildman–Crippen LogP) is 4.02. The van der Waals surface area contributed by atoms with Gasteiger partial charge in [-0.3, -0.25) is 4.79 Å². The fourth-order valence-electron chi connectivity index (χ4n) is 4.07. The van der Waals surface area contributed by atoms with Gasteiger partial charge in [0.2, 0.25) is 11.7 Å². The number of aromatic nitrogens is 2. The summed E-state index contributed by atoms with van der Waals surface area (Å²) < 4.78 is 10.7. The second kappa shape index (κ2) is 8.01. The minimum absolute atomic E-state index is 0.0291. The number of amides is 1. The minimum atomic E-state index is -0.640. The van der Waals surface area contributed by atoms with Gasteiger partial charge in [-0.25, -0.2) is 4.79 Å². The number of halogens is 1. The van der Waals surface area contributed by atoms with Gasteiger partial charge in [0.15, 0.2) is 6.61 Å². The summed E-state index contributed by atoms with van der Waals surface area (Å²) in [6, 6.07) is 16.2. The molecule has 0 bridgehead atoms. The summed E-state index contributed by atoms with van der Waals surface area (Å²) in [5.74, 6) is 0.563. The molecule has 2 fully saturated rings. The van der Waals surface area contributed by atoms with E-state index in [1.165, 1.54) is 0 Å². The Kier molecular flexibility index (Phi) is 5.19. The summed E-state index contributed by atoms with van der Waals surface area (Å²) in [5.41, 5.74) is 1.78. The second-order valence-corrected chi connectivity index (χ2v) is 9.10. The third-order valence-corrected chi connectivity index (χ3v) is 7.38. The number of nitrogens with zero attached hydrogens (tertiary/aromatic N) is 3. The normalized spacial score (nSPS) is 22.5. The highest BCUT2D eigenvalue weighted by Gasteiger charge is 2.57. The summed E-state index contributed by atoms with van der Waals surface area (Å²) in [4.78, 5) is 31.0. The lowest BCUT2D eigenvalue weighted by atomic mass is 10.0. The molecule has 1 aromatic heterocycles. The first-order chi connectivity index (χ1) is 15.1. The number of benzene rings is 2. The number of ether oxygens (including phenoxy) is 1. The molecule has 0 spiro atoms. The molecule has 0 saturated carbocycles. The van der Waals surface area contributed by atoms with Crippen LogP contribution in [-0.2, 0) is 25.8 Å². The van der Waals surface area contributed by atoms with Gasteiger partial charge in [-0.2, -0.15) is 4.98 Å². The van der Waals surface area contributed by atoms with Crippen molar-refractivity contribution in [2.45, 2.75) is 30.4 Å². The van der Waals surface area contributed by atoms with Crippen LogP contribution < -0.4 is 0 Å². The van der Waals surface area contributed by atoms with Crippen molar-refractivity contribution in [2.75, 3.05) is 5.75 Å². The van der Waals surface area contributed by atoms with Gasteiger partial charge in [-0.05, 0) is 36.2 Å². The summed E-state index contributed by atoms with van der Waals surface area (Å²) in [5, 5.41) is 4.53. The SMILES string of the molecule is O=C(OCc1nc(-c2ccc(Cl)cc2)no1)[C@@H]1CS[C@]2(c3ccccc3)CCC(=O)N12. The van der Waals surface area contributed by atoms with Crippen molar-refractivity contribution in [1.82, 2.24) is 15.0 Å². The van der Waals surface area contributed by atoms with Gasteiger partial charge in [0, 0.05) is 22.8 Å². The number of fused-ring (bicyclic) bond motifs is 1. The number of carbonyl (C=O) groups excluding carboxylic acids is 2. The van der Waals surface area contributed by atoms with Gasteiger partial charge in [0.05, 0.1) is 0 Å². The zero-order valence-electron chi connectivity index (χ0n) is 16.4. The first-order valence-corrected chi connectivity index (χ1v) is 11.2. The van der Waals surface area contributed by atoms with Crippen LogP contribution in [0.25, 0.3) is 11.4 Å². The fraction of sp³-hybridized carbons (Fsp3) is 0.273. The molecule has 0 unspecified atom stereocenters. The van der Waals surface area contributed by atoms with Gasteiger partial charge in [0.1, 0.15) is 10.9 Å². The number of esters is 1. The van der Waals surface area contributed by atoms with Gasteiger partial charge in [0.25, 0.3) is 5.89 Å². The number of hydrogen-bond acceptors (Lipinski definition) is 7. The predicted molar refractivity (Wildman–Crippen MR) is 115 cm³/mol. The molecule has 2 aliphatic rings. The highest BCUT2D eigenvalue weighted by atomic mass is 35.5. The quantitative estimate of drug-likeness (QED) is 0.537. The molecule has 0 radical (unpaired) electrons. The van der Waals surface area contributed by atoms with Crippen LogP contribution in [0.15, 0.2) is 59.1 Å². The molecule has 3 aromatic rings. The number of thioether (sulfide) groups is 1. The fourth-order valence-corrected chi connectivity index (χ4v) is 5.84. The minimum Gasteiger partial charge on any atom is -0.454 e. The van der Waals surface area contributed by atoms with Crippen molar-refractivity contribution < 1.29 is 18.8 Å². The Balaban J connectivity index is 1.28. The van der Waals surface area contributed by atoms with Crippen LogP contribution in [0.4, 0.5) is 0 Å². The largest absolute Gasteiger partial charge is 0.454 e. The lowest BCUT2D eigenvalue weighted by Crippen LogP contribution is -2.46. The summed E-state index contributed by atoms with van der Waals surface area (Å²) in [7, 11) is 0. The van der Waals surface area contributed by atoms with Crippen molar-refractivity contribution in [2.24, 2.45) is 0 Å². The summed E-state index contributed by atoms with van der Waals surface area (Å²) in [6.45, 7) is -0.152. The Morgan fingerprint density at radius 3 is 2.77 bits per heavy atom. The van der Waals surface area contributed by atoms with E-state index in [0.29, 0.717) is 29.4 Å². The zero-order valence-corrected chi connectivity index (χ0v) is 17.9. The molecular weight excluding hydrogens is 438 g/mol. The van der Waals surface area contributed by atoms with Gasteiger partial charge in [-0.15, -0.1) is 11.8 Å². The van der Waals surface area contributed by atoms with Crippen molar-refractivity contribution >= 4 is 35.2 Å². The van der Waals surface area contributed by atoms with Crippen molar-refractivity contribution in [3.63, 3.8) is 0 Å². The molecule has 1 amide bonds. The first-order valence-electron chi connectivity index (χ1n) is 9.84. The number of hydrogen-bond donors (Lipinski definition) is 0. The summed E-state index contributed by atoms with van der Waals surface area (Å²) in [6.07, 6.45) is 1.10. The van der Waals surface area contributed by atoms with E-state index in [0.717, 1.165) is 11.1 Å². The van der Waals surface area contributed by atoms with Crippen molar-refractivity contribution in [3.05, 3.63) is 71.1 Å². The van der Waals surface area contributed by atoms with E-state index in [1.807, 2.05) is 30.3 Å². The van der Waals surface area contributed by atoms with Crippen molar-refractivity contribution in [3.8, 4) is 11.4 Å². The van der Waals surface area contributed by atoms with E-state index in [-0.39, 0.29) is 18.4 Å². The maximum atomic E-state index is 12.9. The van der Waals surface area contributed by atoms with E-state index in [9.17, 15) is 9.59 Å². The van der Waals surface area contributed by atoms with Crippen LogP contribution >= 0.6 is 23.4 Å². The Labute approximate surface area is 187 Å². The first kappa shape index (κ1) is 20.1. The standard InChI is InChI=1S/C22H18ClN3O4S/c23-16-8-6-14(7-9-16)20-24-18(30-25-20)12-29-21(28)17-13-31-22(11-10-19(27)26(17)22)15-4-2-1-3-5-15/h1-9,17H,10-13H2/t17-,22-/m0/s1.